The molecule has 0 bridgehead atoms. The molecule has 5 nitrogen and oxygen atoms in total. The molecule has 2 aromatic carbocycles. The second-order valence-corrected chi connectivity index (χ2v) is 6.30. The summed E-state index contributed by atoms with van der Waals surface area (Å²) in [4.78, 5) is 12.6. The molecule has 0 aliphatic heterocycles. The molecule has 3 rings (SSSR count). The lowest BCUT2D eigenvalue weighted by atomic mass is 10.2. The average Bonchev–Trinajstić information content (AvgIpc) is 3.02. The predicted octanol–water partition coefficient (Wildman–Crippen LogP) is 4.34. The zero-order valence-electron chi connectivity index (χ0n) is 13.6. The number of halogens is 2. The maximum absolute atomic E-state index is 13.1. The molecule has 0 aliphatic rings. The van der Waals surface area contributed by atoms with Crippen LogP contribution in [0.2, 0.25) is 0 Å². The highest BCUT2D eigenvalue weighted by Crippen LogP contribution is 2.24. The third-order valence-electron chi connectivity index (χ3n) is 3.64. The molecule has 1 aromatic heterocycles. The predicted molar refractivity (Wildman–Crippen MR) is 96.9 cm³/mol. The largest absolute Gasteiger partial charge is 0.493 e. The molecule has 0 saturated carbocycles. The summed E-state index contributed by atoms with van der Waals surface area (Å²) >= 11 is 3.39. The summed E-state index contributed by atoms with van der Waals surface area (Å²) in [5.74, 6) is -0.397. The minimum Gasteiger partial charge on any atom is -0.493 e. The Labute approximate surface area is 152 Å². The first kappa shape index (κ1) is 17.2. The van der Waals surface area contributed by atoms with Crippen LogP contribution in [-0.4, -0.2) is 22.8 Å². The topological polar surface area (TPSA) is 56.2 Å². The molecule has 1 N–H and O–H groups in total. The number of amides is 1. The van der Waals surface area contributed by atoms with E-state index in [1.807, 2.05) is 19.1 Å². The minimum atomic E-state index is -0.386. The van der Waals surface area contributed by atoms with Crippen molar-refractivity contribution in [3.63, 3.8) is 0 Å². The van der Waals surface area contributed by atoms with Gasteiger partial charge in [0.25, 0.3) is 5.91 Å². The summed E-state index contributed by atoms with van der Waals surface area (Å²) in [7, 11) is 1.47. The van der Waals surface area contributed by atoms with Crippen molar-refractivity contribution in [2.45, 2.75) is 6.92 Å². The van der Waals surface area contributed by atoms with Crippen LogP contribution in [0.1, 0.15) is 16.1 Å². The number of aromatic nitrogens is 2. The summed E-state index contributed by atoms with van der Waals surface area (Å²) in [6.07, 6.45) is 1.58. The number of rotatable bonds is 4. The van der Waals surface area contributed by atoms with Crippen molar-refractivity contribution < 1.29 is 13.9 Å². The molecule has 3 aromatic rings. The van der Waals surface area contributed by atoms with Crippen molar-refractivity contribution >= 4 is 27.5 Å². The fourth-order valence-electron chi connectivity index (χ4n) is 2.34. The molecule has 1 amide bonds. The first-order valence-corrected chi connectivity index (χ1v) is 8.24. The van der Waals surface area contributed by atoms with Crippen LogP contribution in [0, 0.1) is 12.7 Å². The fraction of sp³-hybridized carbons (Fsp3) is 0.111. The van der Waals surface area contributed by atoms with Gasteiger partial charge in [0, 0.05) is 10.2 Å². The van der Waals surface area contributed by atoms with Gasteiger partial charge in [-0.15, -0.1) is 0 Å². The van der Waals surface area contributed by atoms with Gasteiger partial charge in [-0.2, -0.15) is 5.10 Å². The highest BCUT2D eigenvalue weighted by Gasteiger charge is 2.19. The van der Waals surface area contributed by atoms with E-state index >= 15 is 0 Å². The van der Waals surface area contributed by atoms with Crippen LogP contribution in [0.3, 0.4) is 0 Å². The molecule has 0 saturated heterocycles. The summed E-state index contributed by atoms with van der Waals surface area (Å²) in [5.41, 5.74) is 2.37. The second-order valence-electron chi connectivity index (χ2n) is 5.38. The molecular formula is C18H15BrFN3O2. The standard InChI is InChI=1S/C18H15BrFN3O2/c1-11-9-12(19)3-8-15(11)21-18(24)17-16(25-2)10-23(22-17)14-6-4-13(20)5-7-14/h3-10H,1-2H3,(H,21,24). The van der Waals surface area contributed by atoms with E-state index in [1.165, 1.54) is 23.9 Å². The van der Waals surface area contributed by atoms with Crippen LogP contribution in [0.5, 0.6) is 5.75 Å². The number of carbonyl (C=O) groups is 1. The smallest absolute Gasteiger partial charge is 0.280 e. The lowest BCUT2D eigenvalue weighted by Gasteiger charge is -2.08. The van der Waals surface area contributed by atoms with Crippen LogP contribution < -0.4 is 10.1 Å². The highest BCUT2D eigenvalue weighted by molar-refractivity contribution is 9.10. The van der Waals surface area contributed by atoms with Crippen LogP contribution >= 0.6 is 15.9 Å². The number of carbonyl (C=O) groups excluding carboxylic acids is 1. The van der Waals surface area contributed by atoms with Crippen molar-refractivity contribution in [2.75, 3.05) is 12.4 Å². The fourth-order valence-corrected chi connectivity index (χ4v) is 2.82. The number of benzene rings is 2. The van der Waals surface area contributed by atoms with E-state index in [0.29, 0.717) is 17.1 Å². The number of hydrogen-bond acceptors (Lipinski definition) is 3. The van der Waals surface area contributed by atoms with Gasteiger partial charge < -0.3 is 10.1 Å². The van der Waals surface area contributed by atoms with Crippen LogP contribution in [0.15, 0.2) is 53.1 Å². The van der Waals surface area contributed by atoms with E-state index in [9.17, 15) is 9.18 Å². The SMILES string of the molecule is COc1cn(-c2ccc(F)cc2)nc1C(=O)Nc1ccc(Br)cc1C. The van der Waals surface area contributed by atoms with Crippen molar-refractivity contribution in [2.24, 2.45) is 0 Å². The Hall–Kier alpha value is -2.67. The molecule has 0 atom stereocenters. The number of aryl methyl sites for hydroxylation is 1. The number of nitrogens with one attached hydrogen (secondary N) is 1. The second kappa shape index (κ2) is 7.06. The third kappa shape index (κ3) is 3.71. The third-order valence-corrected chi connectivity index (χ3v) is 4.14. The van der Waals surface area contributed by atoms with Crippen LogP contribution in [0.4, 0.5) is 10.1 Å². The van der Waals surface area contributed by atoms with E-state index in [1.54, 1.807) is 24.4 Å². The average molecular weight is 404 g/mol. The first-order valence-electron chi connectivity index (χ1n) is 7.45. The summed E-state index contributed by atoms with van der Waals surface area (Å²) in [6, 6.07) is 11.4. The zero-order valence-corrected chi connectivity index (χ0v) is 15.2. The van der Waals surface area contributed by atoms with Crippen LogP contribution in [-0.2, 0) is 0 Å². The molecule has 1 heterocycles. The van der Waals surface area contributed by atoms with E-state index in [2.05, 4.69) is 26.3 Å². The van der Waals surface area contributed by atoms with E-state index in [0.717, 1.165) is 10.0 Å². The van der Waals surface area contributed by atoms with Gasteiger partial charge in [-0.25, -0.2) is 9.07 Å². The van der Waals surface area contributed by atoms with Crippen molar-refractivity contribution in [3.8, 4) is 11.4 Å². The van der Waals surface area contributed by atoms with Gasteiger partial charge in [0.1, 0.15) is 5.82 Å². The molecule has 0 unspecified atom stereocenters. The Balaban J connectivity index is 1.90. The Bertz CT molecular complexity index is 923. The van der Waals surface area contributed by atoms with E-state index in [-0.39, 0.29) is 17.4 Å². The summed E-state index contributed by atoms with van der Waals surface area (Å²) in [5, 5.41) is 7.10. The molecule has 0 fully saturated rings. The van der Waals surface area contributed by atoms with Crippen molar-refractivity contribution in [1.29, 1.82) is 0 Å². The lowest BCUT2D eigenvalue weighted by Crippen LogP contribution is -2.15. The monoisotopic (exact) mass is 403 g/mol. The first-order chi connectivity index (χ1) is 12.0. The van der Waals surface area contributed by atoms with Gasteiger partial charge in [0.2, 0.25) is 0 Å². The Morgan fingerprint density at radius 1 is 1.24 bits per heavy atom. The number of ether oxygens (including phenoxy) is 1. The Morgan fingerprint density at radius 2 is 1.96 bits per heavy atom. The lowest BCUT2D eigenvalue weighted by molar-refractivity contribution is 0.101. The molecule has 0 aliphatic carbocycles. The maximum Gasteiger partial charge on any atom is 0.280 e. The number of anilines is 1. The van der Waals surface area contributed by atoms with Gasteiger partial charge in [0.05, 0.1) is 19.0 Å². The highest BCUT2D eigenvalue weighted by atomic mass is 79.9. The zero-order chi connectivity index (χ0) is 18.0. The molecule has 128 valence electrons. The summed E-state index contributed by atoms with van der Waals surface area (Å²) < 4.78 is 20.7. The van der Waals surface area contributed by atoms with Gasteiger partial charge in [-0.1, -0.05) is 15.9 Å². The maximum atomic E-state index is 13.1. The Kier molecular flexibility index (Phi) is 4.85. The van der Waals surface area contributed by atoms with E-state index < -0.39 is 0 Å². The summed E-state index contributed by atoms with van der Waals surface area (Å²) in [6.45, 7) is 1.90. The molecule has 0 spiro atoms. The van der Waals surface area contributed by atoms with Crippen molar-refractivity contribution in [3.05, 3.63) is 70.2 Å². The van der Waals surface area contributed by atoms with E-state index in [4.69, 9.17) is 4.74 Å². The number of nitrogens with zero attached hydrogens (tertiary/aromatic N) is 2. The molecule has 7 heteroatoms. The number of methoxy groups -OCH3 is 1. The van der Waals surface area contributed by atoms with Crippen LogP contribution in [0.25, 0.3) is 5.69 Å². The van der Waals surface area contributed by atoms with Gasteiger partial charge >= 0.3 is 0 Å². The van der Waals surface area contributed by atoms with Gasteiger partial charge in [-0.05, 0) is 55.0 Å². The van der Waals surface area contributed by atoms with Gasteiger partial charge in [0.15, 0.2) is 11.4 Å². The normalized spacial score (nSPS) is 10.6. The van der Waals surface area contributed by atoms with Gasteiger partial charge in [-0.3, -0.25) is 4.79 Å². The number of hydrogen-bond donors (Lipinski definition) is 1. The molecular weight excluding hydrogens is 389 g/mol. The Morgan fingerprint density at radius 3 is 2.60 bits per heavy atom. The minimum absolute atomic E-state index is 0.147. The molecule has 25 heavy (non-hydrogen) atoms. The quantitative estimate of drug-likeness (QED) is 0.704. The van der Waals surface area contributed by atoms with Crippen molar-refractivity contribution in [1.82, 2.24) is 9.78 Å². The molecule has 0 radical (unpaired) electrons.